The number of methoxy groups -OCH3 is 1. The van der Waals surface area contributed by atoms with Gasteiger partial charge in [0.1, 0.15) is 6.67 Å². The number of benzene rings is 1. The third kappa shape index (κ3) is 3.17. The van der Waals surface area contributed by atoms with Crippen LogP contribution in [-0.2, 0) is 11.4 Å². The van der Waals surface area contributed by atoms with E-state index in [4.69, 9.17) is 4.74 Å². The summed E-state index contributed by atoms with van der Waals surface area (Å²) in [7, 11) is 1.72. The van der Waals surface area contributed by atoms with E-state index >= 15 is 0 Å². The summed E-state index contributed by atoms with van der Waals surface area (Å²) in [5.74, 6) is 0. The van der Waals surface area contributed by atoms with Gasteiger partial charge in [-0.3, -0.25) is 0 Å². The van der Waals surface area contributed by atoms with Crippen LogP contribution in [0, 0.1) is 0 Å². The van der Waals surface area contributed by atoms with Crippen molar-refractivity contribution in [2.75, 3.05) is 38.3 Å². The first-order valence-electron chi connectivity index (χ1n) is 5.95. The normalized spacial score (nSPS) is 20.6. The highest BCUT2D eigenvalue weighted by Crippen LogP contribution is 2.17. The van der Waals surface area contributed by atoms with Crippen LogP contribution < -0.4 is 10.2 Å². The predicted molar refractivity (Wildman–Crippen MR) is 67.1 cm³/mol. The summed E-state index contributed by atoms with van der Waals surface area (Å²) in [6.45, 7) is 3.20. The Balaban J connectivity index is 2.00. The second kappa shape index (κ2) is 5.98. The van der Waals surface area contributed by atoms with Crippen molar-refractivity contribution >= 4 is 5.69 Å². The molecule has 1 aromatic rings. The van der Waals surface area contributed by atoms with E-state index in [2.05, 4.69) is 10.2 Å². The number of nitrogens with one attached hydrogen (secondary N) is 1. The molecule has 0 aromatic heterocycles. The first-order valence-corrected chi connectivity index (χ1v) is 5.95. The number of hydrogen-bond donors (Lipinski definition) is 1. The van der Waals surface area contributed by atoms with Crippen LogP contribution in [0.15, 0.2) is 24.3 Å². The molecule has 1 N–H and O–H groups in total. The molecule has 1 saturated heterocycles. The number of halogens is 1. The first-order chi connectivity index (χ1) is 8.33. The molecule has 3 nitrogen and oxygen atoms in total. The van der Waals surface area contributed by atoms with Gasteiger partial charge >= 0.3 is 0 Å². The van der Waals surface area contributed by atoms with E-state index in [-0.39, 0.29) is 0 Å². The molecule has 4 heteroatoms. The van der Waals surface area contributed by atoms with Gasteiger partial charge in [-0.2, -0.15) is 0 Å². The minimum atomic E-state index is -0.395. The fourth-order valence-corrected chi connectivity index (χ4v) is 2.17. The summed E-state index contributed by atoms with van der Waals surface area (Å²) < 4.78 is 17.6. The van der Waals surface area contributed by atoms with Gasteiger partial charge in [-0.05, 0) is 17.7 Å². The van der Waals surface area contributed by atoms with E-state index in [1.54, 1.807) is 7.11 Å². The number of nitrogens with zero attached hydrogens (tertiary/aromatic N) is 1. The number of alkyl halides is 1. The standard InChI is InChI=1S/C13H19FN2O/c1-17-10-12-9-16(7-6-15-12)13-4-2-11(8-14)3-5-13/h2-5,12,15H,6-10H2,1H3. The van der Waals surface area contributed by atoms with Gasteiger partial charge in [0.25, 0.3) is 0 Å². The lowest BCUT2D eigenvalue weighted by Crippen LogP contribution is -2.52. The lowest BCUT2D eigenvalue weighted by molar-refractivity contribution is 0.163. The molecule has 1 atom stereocenters. The Morgan fingerprint density at radius 2 is 2.18 bits per heavy atom. The Morgan fingerprint density at radius 1 is 1.41 bits per heavy atom. The zero-order chi connectivity index (χ0) is 12.1. The number of rotatable bonds is 4. The van der Waals surface area contributed by atoms with Crippen molar-refractivity contribution in [3.05, 3.63) is 29.8 Å². The number of anilines is 1. The Hall–Kier alpha value is -1.13. The molecule has 2 rings (SSSR count). The number of hydrogen-bond acceptors (Lipinski definition) is 3. The minimum absolute atomic E-state index is 0.370. The number of ether oxygens (including phenoxy) is 1. The maximum Gasteiger partial charge on any atom is 0.115 e. The van der Waals surface area contributed by atoms with E-state index in [0.717, 1.165) is 37.5 Å². The highest BCUT2D eigenvalue weighted by Gasteiger charge is 2.19. The van der Waals surface area contributed by atoms with Crippen LogP contribution in [0.25, 0.3) is 0 Å². The molecule has 0 radical (unpaired) electrons. The monoisotopic (exact) mass is 238 g/mol. The van der Waals surface area contributed by atoms with Crippen molar-refractivity contribution in [2.45, 2.75) is 12.7 Å². The van der Waals surface area contributed by atoms with Crippen LogP contribution in [0.3, 0.4) is 0 Å². The van der Waals surface area contributed by atoms with E-state index < -0.39 is 6.67 Å². The van der Waals surface area contributed by atoms with Crippen LogP contribution in [0.4, 0.5) is 10.1 Å². The summed E-state index contributed by atoms with van der Waals surface area (Å²) in [5, 5.41) is 3.42. The molecule has 1 aliphatic rings. The lowest BCUT2D eigenvalue weighted by atomic mass is 10.1. The largest absolute Gasteiger partial charge is 0.383 e. The molecule has 0 saturated carbocycles. The van der Waals surface area contributed by atoms with Crippen molar-refractivity contribution in [3.8, 4) is 0 Å². The highest BCUT2D eigenvalue weighted by atomic mass is 19.1. The summed E-state index contributed by atoms with van der Waals surface area (Å²) in [5.41, 5.74) is 1.89. The smallest absolute Gasteiger partial charge is 0.115 e. The van der Waals surface area contributed by atoms with Crippen molar-refractivity contribution in [3.63, 3.8) is 0 Å². The molecule has 17 heavy (non-hydrogen) atoms. The summed E-state index contributed by atoms with van der Waals surface area (Å²) in [4.78, 5) is 2.31. The quantitative estimate of drug-likeness (QED) is 0.862. The molecule has 1 fully saturated rings. The topological polar surface area (TPSA) is 24.5 Å². The molecule has 1 aromatic carbocycles. The predicted octanol–water partition coefficient (Wildman–Crippen LogP) is 1.58. The lowest BCUT2D eigenvalue weighted by Gasteiger charge is -2.35. The van der Waals surface area contributed by atoms with E-state index in [1.165, 1.54) is 0 Å². The number of piperazine rings is 1. The van der Waals surface area contributed by atoms with Crippen molar-refractivity contribution in [2.24, 2.45) is 0 Å². The summed E-state index contributed by atoms with van der Waals surface area (Å²) in [6.07, 6.45) is 0. The van der Waals surface area contributed by atoms with Gasteiger partial charge in [0.15, 0.2) is 0 Å². The molecule has 0 bridgehead atoms. The molecule has 94 valence electrons. The second-order valence-electron chi connectivity index (χ2n) is 4.35. The SMILES string of the molecule is COCC1CN(c2ccc(CF)cc2)CCN1. The maximum atomic E-state index is 12.4. The first kappa shape index (κ1) is 12.3. The molecule has 1 heterocycles. The van der Waals surface area contributed by atoms with Gasteiger partial charge in [0, 0.05) is 38.5 Å². The van der Waals surface area contributed by atoms with Crippen molar-refractivity contribution in [1.82, 2.24) is 5.32 Å². The third-order valence-corrected chi connectivity index (χ3v) is 3.08. The average Bonchev–Trinajstić information content (AvgIpc) is 2.40. The highest BCUT2D eigenvalue weighted by molar-refractivity contribution is 5.48. The zero-order valence-electron chi connectivity index (χ0n) is 10.2. The molecular weight excluding hydrogens is 219 g/mol. The fourth-order valence-electron chi connectivity index (χ4n) is 2.17. The van der Waals surface area contributed by atoms with Gasteiger partial charge in [-0.15, -0.1) is 0 Å². The van der Waals surface area contributed by atoms with Crippen LogP contribution in [0.5, 0.6) is 0 Å². The van der Waals surface area contributed by atoms with E-state index in [9.17, 15) is 4.39 Å². The van der Waals surface area contributed by atoms with Gasteiger partial charge in [-0.1, -0.05) is 12.1 Å². The molecule has 0 aliphatic carbocycles. The minimum Gasteiger partial charge on any atom is -0.383 e. The van der Waals surface area contributed by atoms with Crippen LogP contribution >= 0.6 is 0 Å². The van der Waals surface area contributed by atoms with Gasteiger partial charge in [0.05, 0.1) is 6.61 Å². The fraction of sp³-hybridized carbons (Fsp3) is 0.538. The summed E-state index contributed by atoms with van der Waals surface area (Å²) in [6, 6.07) is 8.05. The maximum absolute atomic E-state index is 12.4. The van der Waals surface area contributed by atoms with Crippen LogP contribution in [0.1, 0.15) is 5.56 Å². The molecule has 0 amide bonds. The van der Waals surface area contributed by atoms with Crippen molar-refractivity contribution in [1.29, 1.82) is 0 Å². The van der Waals surface area contributed by atoms with Crippen molar-refractivity contribution < 1.29 is 9.13 Å². The van der Waals surface area contributed by atoms with Crippen LogP contribution in [-0.4, -0.2) is 39.4 Å². The average molecular weight is 238 g/mol. The summed E-state index contributed by atoms with van der Waals surface area (Å²) >= 11 is 0. The Kier molecular flexibility index (Phi) is 4.34. The zero-order valence-corrected chi connectivity index (χ0v) is 10.2. The van der Waals surface area contributed by atoms with Gasteiger partial charge < -0.3 is 15.0 Å². The second-order valence-corrected chi connectivity index (χ2v) is 4.35. The molecule has 1 aliphatic heterocycles. The molecular formula is C13H19FN2O. The Bertz CT molecular complexity index is 340. The molecule has 0 spiro atoms. The van der Waals surface area contributed by atoms with E-state index in [1.807, 2.05) is 24.3 Å². The van der Waals surface area contributed by atoms with Gasteiger partial charge in [-0.25, -0.2) is 4.39 Å². The third-order valence-electron chi connectivity index (χ3n) is 3.08. The van der Waals surface area contributed by atoms with E-state index in [0.29, 0.717) is 6.04 Å². The molecule has 1 unspecified atom stereocenters. The Labute approximate surface area is 102 Å². The van der Waals surface area contributed by atoms with Gasteiger partial charge in [0.2, 0.25) is 0 Å². The van der Waals surface area contributed by atoms with Crippen LogP contribution in [0.2, 0.25) is 0 Å². The Morgan fingerprint density at radius 3 is 2.82 bits per heavy atom.